The molecular weight excluding hydrogens is 330 g/mol. The summed E-state index contributed by atoms with van der Waals surface area (Å²) in [5.74, 6) is -0.966. The van der Waals surface area contributed by atoms with Crippen molar-refractivity contribution in [1.29, 1.82) is 0 Å². The first-order valence-corrected chi connectivity index (χ1v) is 6.75. The molecule has 0 bridgehead atoms. The molecule has 1 atom stereocenters. The number of hydrogen-bond acceptors (Lipinski definition) is 2. The number of halogens is 2. The number of anilines is 1. The maximum Gasteiger partial charge on any atom is 0.330 e. The molecule has 0 radical (unpaired) electrons. The van der Waals surface area contributed by atoms with E-state index in [0.29, 0.717) is 16.3 Å². The van der Waals surface area contributed by atoms with Crippen LogP contribution in [0.15, 0.2) is 53.0 Å². The highest BCUT2D eigenvalue weighted by atomic mass is 79.9. The molecule has 2 N–H and O–H groups in total. The molecule has 0 fully saturated rings. The highest BCUT2D eigenvalue weighted by molar-refractivity contribution is 9.10. The Morgan fingerprint density at radius 1 is 1.16 bits per heavy atom. The van der Waals surface area contributed by atoms with Crippen molar-refractivity contribution in [3.05, 3.63) is 63.6 Å². The Balaban J connectivity index is 2.35. The summed E-state index contributed by atoms with van der Waals surface area (Å²) in [7, 11) is 0. The third-order valence-electron chi connectivity index (χ3n) is 2.64. The number of carboxylic acid groups (broad SMARTS) is 1. The van der Waals surface area contributed by atoms with Gasteiger partial charge in [0.25, 0.3) is 0 Å². The van der Waals surface area contributed by atoms with Crippen molar-refractivity contribution >= 4 is 39.2 Å². The Labute approximate surface area is 124 Å². The second-order valence-corrected chi connectivity index (χ2v) is 5.18. The highest BCUT2D eigenvalue weighted by Crippen LogP contribution is 2.29. The molecule has 0 aliphatic rings. The summed E-state index contributed by atoms with van der Waals surface area (Å²) in [5.41, 5.74) is 1.24. The summed E-state index contributed by atoms with van der Waals surface area (Å²) >= 11 is 9.39. The van der Waals surface area contributed by atoms with Crippen LogP contribution in [0.25, 0.3) is 0 Å². The van der Waals surface area contributed by atoms with E-state index in [0.717, 1.165) is 4.47 Å². The number of benzene rings is 2. The van der Waals surface area contributed by atoms with Gasteiger partial charge in [0.2, 0.25) is 0 Å². The molecule has 2 rings (SSSR count). The second kappa shape index (κ2) is 6.08. The van der Waals surface area contributed by atoms with Crippen LogP contribution in [-0.4, -0.2) is 11.1 Å². The maximum atomic E-state index is 11.4. The van der Waals surface area contributed by atoms with Gasteiger partial charge in [-0.15, -0.1) is 0 Å². The van der Waals surface area contributed by atoms with Crippen LogP contribution in [0.4, 0.5) is 5.69 Å². The van der Waals surface area contributed by atoms with Crippen LogP contribution >= 0.6 is 27.5 Å². The van der Waals surface area contributed by atoms with Gasteiger partial charge in [-0.25, -0.2) is 4.79 Å². The highest BCUT2D eigenvalue weighted by Gasteiger charge is 2.22. The number of carboxylic acids is 1. The molecule has 0 spiro atoms. The minimum atomic E-state index is -0.966. The molecular formula is C14H11BrClNO2. The zero-order chi connectivity index (χ0) is 13.8. The Hall–Kier alpha value is -1.52. The predicted molar refractivity (Wildman–Crippen MR) is 79.6 cm³/mol. The Morgan fingerprint density at radius 3 is 2.42 bits per heavy atom. The van der Waals surface area contributed by atoms with Crippen LogP contribution in [-0.2, 0) is 4.79 Å². The molecule has 19 heavy (non-hydrogen) atoms. The third kappa shape index (κ3) is 3.28. The Morgan fingerprint density at radius 2 is 1.79 bits per heavy atom. The number of carbonyl (C=O) groups is 1. The molecule has 5 heteroatoms. The third-order valence-corrected chi connectivity index (χ3v) is 3.69. The lowest BCUT2D eigenvalue weighted by Gasteiger charge is -2.18. The van der Waals surface area contributed by atoms with Gasteiger partial charge < -0.3 is 10.4 Å². The summed E-state index contributed by atoms with van der Waals surface area (Å²) in [5, 5.41) is 12.8. The lowest BCUT2D eigenvalue weighted by atomic mass is 10.1. The minimum Gasteiger partial charge on any atom is -0.479 e. The summed E-state index contributed by atoms with van der Waals surface area (Å²) < 4.78 is 0.738. The van der Waals surface area contributed by atoms with Gasteiger partial charge in [-0.1, -0.05) is 57.9 Å². The number of nitrogens with one attached hydrogen (secondary N) is 1. The monoisotopic (exact) mass is 339 g/mol. The van der Waals surface area contributed by atoms with E-state index in [1.54, 1.807) is 42.5 Å². The average molecular weight is 341 g/mol. The second-order valence-electron chi connectivity index (χ2n) is 3.92. The normalized spacial score (nSPS) is 11.9. The zero-order valence-corrected chi connectivity index (χ0v) is 12.1. The lowest BCUT2D eigenvalue weighted by Crippen LogP contribution is -2.21. The van der Waals surface area contributed by atoms with Gasteiger partial charge in [-0.05, 0) is 23.8 Å². The van der Waals surface area contributed by atoms with Crippen LogP contribution in [0, 0.1) is 0 Å². The molecule has 2 aromatic rings. The summed E-state index contributed by atoms with van der Waals surface area (Å²) in [4.78, 5) is 11.4. The summed E-state index contributed by atoms with van der Waals surface area (Å²) in [6.07, 6.45) is 0. The van der Waals surface area contributed by atoms with Gasteiger partial charge >= 0.3 is 5.97 Å². The van der Waals surface area contributed by atoms with Crippen molar-refractivity contribution in [1.82, 2.24) is 0 Å². The van der Waals surface area contributed by atoms with Crippen molar-refractivity contribution in [2.75, 3.05) is 5.32 Å². The van der Waals surface area contributed by atoms with Crippen LogP contribution < -0.4 is 5.32 Å². The fourth-order valence-corrected chi connectivity index (χ4v) is 2.42. The van der Waals surface area contributed by atoms with Crippen molar-refractivity contribution in [3.63, 3.8) is 0 Å². The fourth-order valence-electron chi connectivity index (χ4n) is 1.72. The first-order chi connectivity index (χ1) is 9.09. The number of para-hydroxylation sites is 1. The van der Waals surface area contributed by atoms with E-state index in [4.69, 9.17) is 11.6 Å². The molecule has 0 amide bonds. The number of aliphatic carboxylic acids is 1. The fraction of sp³-hybridized carbons (Fsp3) is 0.0714. The van der Waals surface area contributed by atoms with E-state index >= 15 is 0 Å². The number of hydrogen-bond donors (Lipinski definition) is 2. The van der Waals surface area contributed by atoms with Gasteiger partial charge in [0, 0.05) is 4.47 Å². The lowest BCUT2D eigenvalue weighted by molar-refractivity contribution is -0.138. The van der Waals surface area contributed by atoms with Crippen LogP contribution in [0.1, 0.15) is 11.6 Å². The molecule has 0 heterocycles. The van der Waals surface area contributed by atoms with Crippen molar-refractivity contribution < 1.29 is 9.90 Å². The van der Waals surface area contributed by atoms with Crippen LogP contribution in [0.3, 0.4) is 0 Å². The molecule has 1 unspecified atom stereocenters. The Bertz CT molecular complexity index is 604. The van der Waals surface area contributed by atoms with E-state index in [2.05, 4.69) is 21.2 Å². The van der Waals surface area contributed by atoms with Gasteiger partial charge in [-0.3, -0.25) is 0 Å². The quantitative estimate of drug-likeness (QED) is 0.870. The first kappa shape index (κ1) is 13.9. The van der Waals surface area contributed by atoms with E-state index in [1.165, 1.54) is 0 Å². The van der Waals surface area contributed by atoms with Crippen LogP contribution in [0.2, 0.25) is 5.02 Å². The molecule has 2 aromatic carbocycles. The van der Waals surface area contributed by atoms with E-state index in [-0.39, 0.29) is 0 Å². The van der Waals surface area contributed by atoms with Gasteiger partial charge in [0.15, 0.2) is 6.04 Å². The molecule has 3 nitrogen and oxygen atoms in total. The number of rotatable bonds is 4. The first-order valence-electron chi connectivity index (χ1n) is 5.58. The smallest absolute Gasteiger partial charge is 0.330 e. The zero-order valence-electron chi connectivity index (χ0n) is 9.81. The van der Waals surface area contributed by atoms with E-state index in [9.17, 15) is 9.90 Å². The summed E-state index contributed by atoms with van der Waals surface area (Å²) in [6, 6.07) is 13.4. The maximum absolute atomic E-state index is 11.4. The predicted octanol–water partition coefficient (Wildman–Crippen LogP) is 4.34. The average Bonchev–Trinajstić information content (AvgIpc) is 2.38. The molecule has 0 saturated carbocycles. The van der Waals surface area contributed by atoms with Crippen molar-refractivity contribution in [2.45, 2.75) is 6.04 Å². The minimum absolute atomic E-state index is 0.487. The van der Waals surface area contributed by atoms with Gasteiger partial charge in [0.05, 0.1) is 10.7 Å². The van der Waals surface area contributed by atoms with Crippen molar-refractivity contribution in [3.8, 4) is 0 Å². The van der Waals surface area contributed by atoms with Crippen molar-refractivity contribution in [2.24, 2.45) is 0 Å². The largest absolute Gasteiger partial charge is 0.479 e. The molecule has 0 aromatic heterocycles. The molecule has 98 valence electrons. The SMILES string of the molecule is O=C(O)C(Nc1ccccc1Cl)c1ccccc1Br. The van der Waals surface area contributed by atoms with E-state index in [1.807, 2.05) is 6.07 Å². The van der Waals surface area contributed by atoms with E-state index < -0.39 is 12.0 Å². The van der Waals surface area contributed by atoms with Crippen LogP contribution in [0.5, 0.6) is 0 Å². The molecule has 0 aliphatic heterocycles. The topological polar surface area (TPSA) is 49.3 Å². The van der Waals surface area contributed by atoms with Gasteiger partial charge in [-0.2, -0.15) is 0 Å². The molecule has 0 saturated heterocycles. The summed E-state index contributed by atoms with van der Waals surface area (Å²) in [6.45, 7) is 0. The standard InChI is InChI=1S/C14H11BrClNO2/c15-10-6-2-1-5-9(10)13(14(18)19)17-12-8-4-3-7-11(12)16/h1-8,13,17H,(H,18,19). The van der Waals surface area contributed by atoms with Gasteiger partial charge in [0.1, 0.15) is 0 Å². The Kier molecular flexibility index (Phi) is 4.45. The molecule has 0 aliphatic carbocycles.